The zero-order valence-electron chi connectivity index (χ0n) is 8.68. The Hall–Kier alpha value is -2.03. The second-order valence-corrected chi connectivity index (χ2v) is 3.08. The first kappa shape index (κ1) is 11.0. The molecular weight excluding hydrogens is 188 g/mol. The predicted octanol–water partition coefficient (Wildman–Crippen LogP) is 1.97. The van der Waals surface area contributed by atoms with E-state index in [1.807, 2.05) is 0 Å². The van der Waals surface area contributed by atoms with Gasteiger partial charge < -0.3 is 10.6 Å². The Kier molecular flexibility index (Phi) is 3.68. The molecule has 1 rings (SSSR count). The lowest BCUT2D eigenvalue weighted by Gasteiger charge is -2.15. The van der Waals surface area contributed by atoms with Crippen molar-refractivity contribution in [1.82, 2.24) is 0 Å². The van der Waals surface area contributed by atoms with Gasteiger partial charge >= 0.3 is 0 Å². The Labute approximate surface area is 89.5 Å². The van der Waals surface area contributed by atoms with Crippen LogP contribution in [-0.4, -0.2) is 13.0 Å². The highest BCUT2D eigenvalue weighted by Crippen LogP contribution is 2.14. The van der Waals surface area contributed by atoms with Crippen LogP contribution >= 0.6 is 0 Å². The van der Waals surface area contributed by atoms with Crippen LogP contribution in [0.25, 0.3) is 0 Å². The number of likely N-dealkylation sites (N-methyl/N-ethyl adjacent to an activating group) is 1. The summed E-state index contributed by atoms with van der Waals surface area (Å²) in [7, 11) is 1.71. The number of nitrogen functional groups attached to an aromatic ring is 1. The van der Waals surface area contributed by atoms with E-state index in [9.17, 15) is 4.79 Å². The largest absolute Gasteiger partial charge is 0.399 e. The highest BCUT2D eigenvalue weighted by molar-refractivity contribution is 6.01. The standard InChI is InChI=1S/C12H14N2O/c1-3-4-5-12(15)14(2)11-8-6-10(13)7-9-11/h3-9H,1,13H2,2H3/b5-4-. The SMILES string of the molecule is C=C/C=C\C(=O)N(C)c1ccc(N)cc1. The Morgan fingerprint density at radius 3 is 2.53 bits per heavy atom. The Morgan fingerprint density at radius 1 is 1.40 bits per heavy atom. The number of allylic oxidation sites excluding steroid dienone is 2. The minimum Gasteiger partial charge on any atom is -0.399 e. The van der Waals surface area contributed by atoms with Gasteiger partial charge in [0.1, 0.15) is 0 Å². The molecule has 1 aromatic carbocycles. The molecule has 0 atom stereocenters. The molecular formula is C12H14N2O. The summed E-state index contributed by atoms with van der Waals surface area (Å²) in [5.41, 5.74) is 7.04. The van der Waals surface area contributed by atoms with E-state index in [-0.39, 0.29) is 5.91 Å². The van der Waals surface area contributed by atoms with Gasteiger partial charge in [-0.3, -0.25) is 4.79 Å². The molecule has 0 heterocycles. The molecule has 15 heavy (non-hydrogen) atoms. The van der Waals surface area contributed by atoms with Crippen LogP contribution < -0.4 is 10.6 Å². The van der Waals surface area contributed by atoms with Crippen LogP contribution in [0.15, 0.2) is 49.1 Å². The summed E-state index contributed by atoms with van der Waals surface area (Å²) in [6.07, 6.45) is 4.63. The van der Waals surface area contributed by atoms with Gasteiger partial charge in [-0.15, -0.1) is 0 Å². The predicted molar refractivity (Wildman–Crippen MR) is 63.6 cm³/mol. The Balaban J connectivity index is 2.80. The van der Waals surface area contributed by atoms with Gasteiger partial charge in [0.25, 0.3) is 5.91 Å². The molecule has 3 heteroatoms. The normalized spacial score (nSPS) is 10.2. The molecule has 0 aliphatic heterocycles. The van der Waals surface area contributed by atoms with Crippen LogP contribution in [0.3, 0.4) is 0 Å². The third kappa shape index (κ3) is 2.98. The van der Waals surface area contributed by atoms with Gasteiger partial charge in [0.05, 0.1) is 0 Å². The topological polar surface area (TPSA) is 46.3 Å². The maximum atomic E-state index is 11.5. The van der Waals surface area contributed by atoms with Crippen LogP contribution in [0.5, 0.6) is 0 Å². The number of carbonyl (C=O) groups is 1. The molecule has 0 fully saturated rings. The number of anilines is 2. The lowest BCUT2D eigenvalue weighted by molar-refractivity contribution is -0.113. The molecule has 0 aliphatic rings. The number of rotatable bonds is 3. The summed E-state index contributed by atoms with van der Waals surface area (Å²) in [5.74, 6) is -0.0975. The molecule has 78 valence electrons. The van der Waals surface area contributed by atoms with Crippen molar-refractivity contribution in [2.24, 2.45) is 0 Å². The average molecular weight is 202 g/mol. The minimum atomic E-state index is -0.0975. The first-order valence-electron chi connectivity index (χ1n) is 4.57. The highest BCUT2D eigenvalue weighted by Gasteiger charge is 2.06. The van der Waals surface area contributed by atoms with Crippen molar-refractivity contribution in [3.63, 3.8) is 0 Å². The number of hydrogen-bond donors (Lipinski definition) is 1. The van der Waals surface area contributed by atoms with E-state index in [1.54, 1.807) is 48.4 Å². The van der Waals surface area contributed by atoms with Gasteiger partial charge in [-0.2, -0.15) is 0 Å². The Morgan fingerprint density at radius 2 is 2.00 bits per heavy atom. The van der Waals surface area contributed by atoms with Gasteiger partial charge in [0.2, 0.25) is 0 Å². The van der Waals surface area contributed by atoms with Crippen molar-refractivity contribution < 1.29 is 4.79 Å². The van der Waals surface area contributed by atoms with E-state index in [2.05, 4.69) is 6.58 Å². The lowest BCUT2D eigenvalue weighted by Crippen LogP contribution is -2.23. The zero-order valence-corrected chi connectivity index (χ0v) is 8.68. The molecule has 0 saturated carbocycles. The second kappa shape index (κ2) is 5.00. The van der Waals surface area contributed by atoms with Crippen LogP contribution in [0, 0.1) is 0 Å². The monoisotopic (exact) mass is 202 g/mol. The first-order chi connectivity index (χ1) is 7.15. The van der Waals surface area contributed by atoms with Gasteiger partial charge in [-0.1, -0.05) is 18.7 Å². The van der Waals surface area contributed by atoms with E-state index >= 15 is 0 Å². The molecule has 1 amide bonds. The van der Waals surface area contributed by atoms with Crippen molar-refractivity contribution in [2.45, 2.75) is 0 Å². The van der Waals surface area contributed by atoms with Gasteiger partial charge in [0.15, 0.2) is 0 Å². The van der Waals surface area contributed by atoms with E-state index in [1.165, 1.54) is 6.08 Å². The maximum absolute atomic E-state index is 11.5. The molecule has 0 spiro atoms. The molecule has 0 aliphatic carbocycles. The van der Waals surface area contributed by atoms with E-state index in [0.29, 0.717) is 5.69 Å². The van der Waals surface area contributed by atoms with E-state index < -0.39 is 0 Å². The van der Waals surface area contributed by atoms with Crippen molar-refractivity contribution >= 4 is 17.3 Å². The quantitative estimate of drug-likeness (QED) is 0.463. The van der Waals surface area contributed by atoms with Crippen molar-refractivity contribution in [2.75, 3.05) is 17.7 Å². The third-order valence-corrected chi connectivity index (χ3v) is 1.99. The fraction of sp³-hybridized carbons (Fsp3) is 0.0833. The van der Waals surface area contributed by atoms with Crippen LogP contribution in [0.1, 0.15) is 0 Å². The smallest absolute Gasteiger partial charge is 0.250 e. The van der Waals surface area contributed by atoms with Gasteiger partial charge in [-0.25, -0.2) is 0 Å². The summed E-state index contributed by atoms with van der Waals surface area (Å²) in [6.45, 7) is 3.50. The molecule has 0 bridgehead atoms. The molecule has 1 aromatic rings. The van der Waals surface area contributed by atoms with E-state index in [0.717, 1.165) is 5.69 Å². The molecule has 0 aromatic heterocycles. The van der Waals surface area contributed by atoms with Gasteiger partial charge in [-0.05, 0) is 24.3 Å². The van der Waals surface area contributed by atoms with Crippen molar-refractivity contribution in [3.05, 3.63) is 49.1 Å². The van der Waals surface area contributed by atoms with Crippen molar-refractivity contribution in [3.8, 4) is 0 Å². The summed E-state index contributed by atoms with van der Waals surface area (Å²) < 4.78 is 0. The molecule has 2 N–H and O–H groups in total. The van der Waals surface area contributed by atoms with E-state index in [4.69, 9.17) is 5.73 Å². The fourth-order valence-electron chi connectivity index (χ4n) is 1.09. The Bertz CT molecular complexity index is 379. The maximum Gasteiger partial charge on any atom is 0.250 e. The molecule has 0 unspecified atom stereocenters. The summed E-state index contributed by atoms with van der Waals surface area (Å²) >= 11 is 0. The third-order valence-electron chi connectivity index (χ3n) is 1.99. The van der Waals surface area contributed by atoms with Crippen LogP contribution in [-0.2, 0) is 4.79 Å². The zero-order chi connectivity index (χ0) is 11.3. The molecule has 3 nitrogen and oxygen atoms in total. The number of hydrogen-bond acceptors (Lipinski definition) is 2. The number of nitrogens with two attached hydrogens (primary N) is 1. The lowest BCUT2D eigenvalue weighted by atomic mass is 10.2. The number of nitrogens with zero attached hydrogens (tertiary/aromatic N) is 1. The fourth-order valence-corrected chi connectivity index (χ4v) is 1.09. The molecule has 0 saturated heterocycles. The second-order valence-electron chi connectivity index (χ2n) is 3.08. The summed E-state index contributed by atoms with van der Waals surface area (Å²) in [5, 5.41) is 0. The summed E-state index contributed by atoms with van der Waals surface area (Å²) in [4.78, 5) is 13.1. The minimum absolute atomic E-state index is 0.0975. The number of amides is 1. The highest BCUT2D eigenvalue weighted by atomic mass is 16.2. The summed E-state index contributed by atoms with van der Waals surface area (Å²) in [6, 6.07) is 7.12. The number of carbonyl (C=O) groups excluding carboxylic acids is 1. The average Bonchev–Trinajstić information content (AvgIpc) is 2.26. The van der Waals surface area contributed by atoms with Gasteiger partial charge in [0, 0.05) is 24.5 Å². The van der Waals surface area contributed by atoms with Crippen molar-refractivity contribution in [1.29, 1.82) is 0 Å². The molecule has 0 radical (unpaired) electrons. The number of benzene rings is 1. The van der Waals surface area contributed by atoms with Crippen LogP contribution in [0.4, 0.5) is 11.4 Å². The first-order valence-corrected chi connectivity index (χ1v) is 4.57. The van der Waals surface area contributed by atoms with Crippen LogP contribution in [0.2, 0.25) is 0 Å².